The lowest BCUT2D eigenvalue weighted by Gasteiger charge is -2.22. The summed E-state index contributed by atoms with van der Waals surface area (Å²) < 4.78 is 5.88. The fourth-order valence-electron chi connectivity index (χ4n) is 2.67. The highest BCUT2D eigenvalue weighted by Crippen LogP contribution is 2.30. The molecule has 26 heavy (non-hydrogen) atoms. The smallest absolute Gasteiger partial charge is 0.344 e. The summed E-state index contributed by atoms with van der Waals surface area (Å²) in [5.74, 6) is -0.591. The number of urea groups is 1. The van der Waals surface area contributed by atoms with Crippen LogP contribution in [0.5, 0.6) is 5.75 Å². The Balaban J connectivity index is 1.85. The Labute approximate surface area is 158 Å². The van der Waals surface area contributed by atoms with E-state index in [4.69, 9.17) is 4.74 Å². The maximum Gasteiger partial charge on any atom is 0.344 e. The van der Waals surface area contributed by atoms with E-state index in [2.05, 4.69) is 26.7 Å². The molecule has 8 heteroatoms. The van der Waals surface area contributed by atoms with Gasteiger partial charge in [0.15, 0.2) is 0 Å². The zero-order chi connectivity index (χ0) is 18.9. The second-order valence-electron chi connectivity index (χ2n) is 5.88. The van der Waals surface area contributed by atoms with Gasteiger partial charge in [-0.3, -0.25) is 15.0 Å². The van der Waals surface area contributed by atoms with Gasteiger partial charge in [0.25, 0.3) is 11.8 Å². The van der Waals surface area contributed by atoms with Crippen molar-refractivity contribution in [1.82, 2.24) is 15.8 Å². The molecule has 2 aromatic rings. The van der Waals surface area contributed by atoms with Gasteiger partial charge in [0.1, 0.15) is 11.3 Å². The Morgan fingerprint density at radius 3 is 2.62 bits per heavy atom. The molecule has 1 heterocycles. The molecule has 2 aromatic carbocycles. The highest BCUT2D eigenvalue weighted by Gasteiger charge is 2.50. The highest BCUT2D eigenvalue weighted by molar-refractivity contribution is 9.10. The first-order valence-electron chi connectivity index (χ1n) is 7.73. The Hall–Kier alpha value is -2.87. The molecule has 7 nitrogen and oxygen atoms in total. The number of carbonyl (C=O) groups excluding carboxylic acids is 3. The van der Waals surface area contributed by atoms with E-state index in [-0.39, 0.29) is 0 Å². The van der Waals surface area contributed by atoms with Gasteiger partial charge in [0.2, 0.25) is 0 Å². The minimum absolute atomic E-state index is 0.315. The molecule has 1 aliphatic rings. The van der Waals surface area contributed by atoms with Crippen molar-refractivity contribution in [3.63, 3.8) is 0 Å². The summed E-state index contributed by atoms with van der Waals surface area (Å²) in [6, 6.07) is 12.8. The van der Waals surface area contributed by atoms with Crippen molar-refractivity contribution < 1.29 is 19.1 Å². The fourth-order valence-corrected chi connectivity index (χ4v) is 3.07. The van der Waals surface area contributed by atoms with Crippen LogP contribution in [0, 0.1) is 0 Å². The second-order valence-corrected chi connectivity index (χ2v) is 6.79. The SMILES string of the molecule is COc1cccc([C@]2(C)NC(=O)N(NC(=O)c3cccc(Br)c3)C2=O)c1. The Morgan fingerprint density at radius 2 is 1.92 bits per heavy atom. The molecule has 0 spiro atoms. The number of halogens is 1. The molecule has 0 saturated carbocycles. The number of rotatable bonds is 4. The topological polar surface area (TPSA) is 87.7 Å². The summed E-state index contributed by atoms with van der Waals surface area (Å²) in [7, 11) is 1.51. The van der Waals surface area contributed by atoms with Crippen LogP contribution in [0.15, 0.2) is 53.0 Å². The molecule has 134 valence electrons. The largest absolute Gasteiger partial charge is 0.497 e. The number of nitrogens with zero attached hydrogens (tertiary/aromatic N) is 1. The number of amides is 4. The summed E-state index contributed by atoms with van der Waals surface area (Å²) in [5, 5.41) is 3.32. The molecule has 0 radical (unpaired) electrons. The molecular weight excluding hydrogens is 402 g/mol. The number of benzene rings is 2. The van der Waals surface area contributed by atoms with Crippen LogP contribution in [0.3, 0.4) is 0 Å². The monoisotopic (exact) mass is 417 g/mol. The lowest BCUT2D eigenvalue weighted by molar-refractivity contribution is -0.132. The van der Waals surface area contributed by atoms with Gasteiger partial charge in [-0.25, -0.2) is 4.79 Å². The van der Waals surface area contributed by atoms with Crippen molar-refractivity contribution in [1.29, 1.82) is 0 Å². The molecule has 0 aliphatic carbocycles. The van der Waals surface area contributed by atoms with Gasteiger partial charge in [0, 0.05) is 10.0 Å². The molecule has 2 N–H and O–H groups in total. The molecular formula is C18H16BrN3O4. The zero-order valence-corrected chi connectivity index (χ0v) is 15.7. The average molecular weight is 418 g/mol. The molecule has 1 atom stereocenters. The van der Waals surface area contributed by atoms with Gasteiger partial charge in [-0.1, -0.05) is 34.1 Å². The predicted octanol–water partition coefficient (Wildman–Crippen LogP) is 2.57. The van der Waals surface area contributed by atoms with E-state index >= 15 is 0 Å². The van der Waals surface area contributed by atoms with Crippen LogP contribution in [-0.4, -0.2) is 30.0 Å². The quantitative estimate of drug-likeness (QED) is 0.748. The Kier molecular flexibility index (Phi) is 4.69. The maximum atomic E-state index is 12.8. The van der Waals surface area contributed by atoms with Crippen LogP contribution in [-0.2, 0) is 10.3 Å². The minimum Gasteiger partial charge on any atom is -0.497 e. The number of hydrogen-bond donors (Lipinski definition) is 2. The van der Waals surface area contributed by atoms with E-state index in [1.807, 2.05) is 0 Å². The number of hydrazine groups is 1. The predicted molar refractivity (Wildman–Crippen MR) is 97.3 cm³/mol. The molecule has 4 amide bonds. The number of nitrogens with one attached hydrogen (secondary N) is 2. The van der Waals surface area contributed by atoms with Crippen molar-refractivity contribution in [2.45, 2.75) is 12.5 Å². The van der Waals surface area contributed by atoms with Crippen LogP contribution in [0.2, 0.25) is 0 Å². The van der Waals surface area contributed by atoms with Crippen LogP contribution >= 0.6 is 15.9 Å². The van der Waals surface area contributed by atoms with Gasteiger partial charge in [-0.15, -0.1) is 0 Å². The molecule has 0 bridgehead atoms. The number of carbonyl (C=O) groups is 3. The van der Waals surface area contributed by atoms with Crippen LogP contribution < -0.4 is 15.5 Å². The summed E-state index contributed by atoms with van der Waals surface area (Å²) in [4.78, 5) is 37.5. The van der Waals surface area contributed by atoms with Crippen molar-refractivity contribution in [2.75, 3.05) is 7.11 Å². The summed E-state index contributed by atoms with van der Waals surface area (Å²) in [6.45, 7) is 1.58. The van der Waals surface area contributed by atoms with E-state index in [0.717, 1.165) is 0 Å². The van der Waals surface area contributed by atoms with Gasteiger partial charge in [-0.05, 0) is 42.8 Å². The van der Waals surface area contributed by atoms with Crippen LogP contribution in [0.25, 0.3) is 0 Å². The van der Waals surface area contributed by atoms with Crippen molar-refractivity contribution in [3.8, 4) is 5.75 Å². The molecule has 3 rings (SSSR count). The third-order valence-electron chi connectivity index (χ3n) is 4.14. The normalized spacial score (nSPS) is 19.3. The Bertz CT molecular complexity index is 902. The highest BCUT2D eigenvalue weighted by atomic mass is 79.9. The first-order valence-corrected chi connectivity index (χ1v) is 8.52. The zero-order valence-electron chi connectivity index (χ0n) is 14.1. The fraction of sp³-hybridized carbons (Fsp3) is 0.167. The van der Waals surface area contributed by atoms with Crippen molar-refractivity contribution in [3.05, 3.63) is 64.1 Å². The van der Waals surface area contributed by atoms with E-state index in [1.165, 1.54) is 7.11 Å². The molecule has 0 unspecified atom stereocenters. The number of ether oxygens (including phenoxy) is 1. The van der Waals surface area contributed by atoms with Gasteiger partial charge >= 0.3 is 6.03 Å². The number of methoxy groups -OCH3 is 1. The summed E-state index contributed by atoms with van der Waals surface area (Å²) >= 11 is 3.28. The summed E-state index contributed by atoms with van der Waals surface area (Å²) in [6.07, 6.45) is 0. The standard InChI is InChI=1S/C18H16BrN3O4/c1-18(12-6-4-8-14(10-12)26-2)16(24)22(17(25)20-18)21-15(23)11-5-3-7-13(19)9-11/h3-10H,1-2H3,(H,20,25)(H,21,23)/t18-/m0/s1. The maximum absolute atomic E-state index is 12.8. The van der Waals surface area contributed by atoms with E-state index in [1.54, 1.807) is 55.5 Å². The molecule has 1 aliphatic heterocycles. The minimum atomic E-state index is -1.31. The third-order valence-corrected chi connectivity index (χ3v) is 4.63. The molecule has 1 saturated heterocycles. The number of imide groups is 1. The number of hydrogen-bond acceptors (Lipinski definition) is 4. The lowest BCUT2D eigenvalue weighted by atomic mass is 9.92. The van der Waals surface area contributed by atoms with Gasteiger partial charge < -0.3 is 10.1 Å². The first kappa shape index (κ1) is 17.9. The third kappa shape index (κ3) is 3.15. The van der Waals surface area contributed by atoms with Crippen LogP contribution in [0.1, 0.15) is 22.8 Å². The van der Waals surface area contributed by atoms with Gasteiger partial charge in [-0.2, -0.15) is 5.01 Å². The van der Waals surface area contributed by atoms with E-state index in [9.17, 15) is 14.4 Å². The van der Waals surface area contributed by atoms with Gasteiger partial charge in [0.05, 0.1) is 7.11 Å². The van der Waals surface area contributed by atoms with Crippen molar-refractivity contribution in [2.24, 2.45) is 0 Å². The average Bonchev–Trinajstić information content (AvgIpc) is 2.86. The molecule has 1 fully saturated rings. The second kappa shape index (κ2) is 6.80. The Morgan fingerprint density at radius 1 is 1.19 bits per heavy atom. The van der Waals surface area contributed by atoms with E-state index in [0.29, 0.717) is 26.4 Å². The molecule has 0 aromatic heterocycles. The summed E-state index contributed by atoms with van der Waals surface area (Å²) in [5.41, 5.74) is 1.91. The lowest BCUT2D eigenvalue weighted by Crippen LogP contribution is -2.47. The van der Waals surface area contributed by atoms with E-state index < -0.39 is 23.4 Å². The van der Waals surface area contributed by atoms with Crippen LogP contribution in [0.4, 0.5) is 4.79 Å². The van der Waals surface area contributed by atoms with Crippen molar-refractivity contribution >= 4 is 33.8 Å². The first-order chi connectivity index (χ1) is 12.3.